The number of nitrogens with one attached hydrogen (secondary N) is 2. The van der Waals surface area contributed by atoms with E-state index in [1.165, 1.54) is 18.7 Å². The van der Waals surface area contributed by atoms with Gasteiger partial charge in [-0.2, -0.15) is 0 Å². The van der Waals surface area contributed by atoms with Gasteiger partial charge in [0, 0.05) is 19.2 Å². The van der Waals surface area contributed by atoms with Crippen molar-refractivity contribution in [3.8, 4) is 5.69 Å². The van der Waals surface area contributed by atoms with E-state index < -0.39 is 0 Å². The lowest BCUT2D eigenvalue weighted by molar-refractivity contribution is -0.120. The van der Waals surface area contributed by atoms with Crippen LogP contribution in [0, 0.1) is 0 Å². The summed E-state index contributed by atoms with van der Waals surface area (Å²) in [6.07, 6.45) is 4.47. The minimum absolute atomic E-state index is 0.0547. The fourth-order valence-electron chi connectivity index (χ4n) is 2.57. The van der Waals surface area contributed by atoms with Gasteiger partial charge in [0.25, 0.3) is 0 Å². The van der Waals surface area contributed by atoms with Crippen LogP contribution in [0.25, 0.3) is 5.69 Å². The topological polar surface area (TPSA) is 88.9 Å². The van der Waals surface area contributed by atoms with Gasteiger partial charge in [0.2, 0.25) is 11.8 Å². The number of aromatic nitrogens is 3. The predicted octanol–water partition coefficient (Wildman–Crippen LogP) is 1.99. The molecule has 1 saturated heterocycles. The van der Waals surface area contributed by atoms with Crippen LogP contribution in [0.5, 0.6) is 0 Å². The summed E-state index contributed by atoms with van der Waals surface area (Å²) >= 11 is 1.42. The maximum absolute atomic E-state index is 12.1. The van der Waals surface area contributed by atoms with Gasteiger partial charge in [-0.15, -0.1) is 10.2 Å². The molecule has 1 aliphatic heterocycles. The molecule has 0 bridgehead atoms. The molecule has 0 aliphatic carbocycles. The number of amides is 2. The largest absolute Gasteiger partial charge is 0.355 e. The first-order valence-electron chi connectivity index (χ1n) is 7.86. The van der Waals surface area contributed by atoms with Crippen LogP contribution in [0.2, 0.25) is 0 Å². The zero-order chi connectivity index (χ0) is 16.9. The Bertz CT molecular complexity index is 746. The van der Waals surface area contributed by atoms with Gasteiger partial charge in [-0.3, -0.25) is 14.2 Å². The van der Waals surface area contributed by atoms with Gasteiger partial charge in [-0.05, 0) is 31.0 Å². The minimum atomic E-state index is -0.158. The standard InChI is InChI=1S/C16H19N5O2S/c1-11(22)19-12-5-4-6-13(9-12)21-10-18-20-16(21)24-14-7-2-3-8-17-15(14)23/h4-6,9-10,14H,2-3,7-8H2,1H3,(H,17,23)(H,19,22)/t14-/m0/s1. The van der Waals surface area contributed by atoms with Crippen LogP contribution in [0.1, 0.15) is 26.2 Å². The minimum Gasteiger partial charge on any atom is -0.355 e. The predicted molar refractivity (Wildman–Crippen MR) is 92.2 cm³/mol. The van der Waals surface area contributed by atoms with E-state index in [1.807, 2.05) is 28.8 Å². The van der Waals surface area contributed by atoms with Crippen LogP contribution in [0.15, 0.2) is 35.7 Å². The number of carbonyl (C=O) groups is 2. The third-order valence-corrected chi connectivity index (χ3v) is 4.92. The van der Waals surface area contributed by atoms with E-state index in [1.54, 1.807) is 6.33 Å². The molecule has 1 aliphatic rings. The van der Waals surface area contributed by atoms with Crippen molar-refractivity contribution in [2.45, 2.75) is 36.6 Å². The molecule has 1 aromatic carbocycles. The molecule has 0 radical (unpaired) electrons. The quantitative estimate of drug-likeness (QED) is 0.884. The number of carbonyl (C=O) groups excluding carboxylic acids is 2. The average Bonchev–Trinajstić information content (AvgIpc) is 2.91. The number of thioether (sulfide) groups is 1. The monoisotopic (exact) mass is 345 g/mol. The van der Waals surface area contributed by atoms with E-state index in [4.69, 9.17) is 0 Å². The van der Waals surface area contributed by atoms with Crippen molar-refractivity contribution in [1.82, 2.24) is 20.1 Å². The molecule has 7 nitrogen and oxygen atoms in total. The molecule has 24 heavy (non-hydrogen) atoms. The molecule has 2 N–H and O–H groups in total. The summed E-state index contributed by atoms with van der Waals surface area (Å²) in [5.41, 5.74) is 1.54. The Morgan fingerprint density at radius 3 is 3.12 bits per heavy atom. The van der Waals surface area contributed by atoms with Gasteiger partial charge in [0.05, 0.1) is 10.9 Å². The Morgan fingerprint density at radius 2 is 2.29 bits per heavy atom. The highest BCUT2D eigenvalue weighted by atomic mass is 32.2. The van der Waals surface area contributed by atoms with Crippen molar-refractivity contribution in [2.24, 2.45) is 0 Å². The fourth-order valence-corrected chi connectivity index (χ4v) is 3.66. The van der Waals surface area contributed by atoms with Gasteiger partial charge in [0.15, 0.2) is 5.16 Å². The lowest BCUT2D eigenvalue weighted by Crippen LogP contribution is -2.30. The Hall–Kier alpha value is -2.35. The molecule has 126 valence electrons. The first-order valence-corrected chi connectivity index (χ1v) is 8.74. The average molecular weight is 345 g/mol. The van der Waals surface area contributed by atoms with Crippen molar-refractivity contribution in [1.29, 1.82) is 0 Å². The Kier molecular flexibility index (Phi) is 5.14. The number of benzene rings is 1. The Balaban J connectivity index is 1.82. The van der Waals surface area contributed by atoms with E-state index in [-0.39, 0.29) is 17.1 Å². The molecule has 3 rings (SSSR count). The highest BCUT2D eigenvalue weighted by Gasteiger charge is 2.24. The molecule has 1 fully saturated rings. The Labute approximate surface area is 144 Å². The molecule has 2 aromatic rings. The van der Waals surface area contributed by atoms with E-state index in [0.29, 0.717) is 10.8 Å². The highest BCUT2D eigenvalue weighted by molar-refractivity contribution is 8.00. The van der Waals surface area contributed by atoms with Gasteiger partial charge in [0.1, 0.15) is 6.33 Å². The highest BCUT2D eigenvalue weighted by Crippen LogP contribution is 2.28. The van der Waals surface area contributed by atoms with E-state index in [9.17, 15) is 9.59 Å². The smallest absolute Gasteiger partial charge is 0.233 e. The van der Waals surface area contributed by atoms with Gasteiger partial charge < -0.3 is 10.6 Å². The van der Waals surface area contributed by atoms with Crippen molar-refractivity contribution >= 4 is 29.3 Å². The molecule has 2 heterocycles. The summed E-state index contributed by atoms with van der Waals surface area (Å²) in [5, 5.41) is 14.3. The molecule has 1 aromatic heterocycles. The fraction of sp³-hybridized carbons (Fsp3) is 0.375. The number of rotatable bonds is 4. The lowest BCUT2D eigenvalue weighted by atomic mass is 10.2. The van der Waals surface area contributed by atoms with Crippen LogP contribution in [0.4, 0.5) is 5.69 Å². The second kappa shape index (κ2) is 7.48. The lowest BCUT2D eigenvalue weighted by Gasteiger charge is -2.13. The number of nitrogens with zero attached hydrogens (tertiary/aromatic N) is 3. The summed E-state index contributed by atoms with van der Waals surface area (Å²) < 4.78 is 1.83. The van der Waals surface area contributed by atoms with Gasteiger partial charge in [-0.1, -0.05) is 24.2 Å². The first kappa shape index (κ1) is 16.5. The van der Waals surface area contributed by atoms with Crippen LogP contribution in [-0.4, -0.2) is 38.4 Å². The van der Waals surface area contributed by atoms with Crippen molar-refractivity contribution in [3.63, 3.8) is 0 Å². The number of hydrogen-bond donors (Lipinski definition) is 2. The molecular weight excluding hydrogens is 326 g/mol. The zero-order valence-corrected chi connectivity index (χ0v) is 14.2. The van der Waals surface area contributed by atoms with Gasteiger partial charge >= 0.3 is 0 Å². The van der Waals surface area contributed by atoms with E-state index >= 15 is 0 Å². The van der Waals surface area contributed by atoms with Crippen LogP contribution in [-0.2, 0) is 9.59 Å². The maximum Gasteiger partial charge on any atom is 0.233 e. The molecule has 1 atom stereocenters. The van der Waals surface area contributed by atoms with E-state index in [0.717, 1.165) is 31.5 Å². The second-order valence-electron chi connectivity index (χ2n) is 5.61. The van der Waals surface area contributed by atoms with Crippen molar-refractivity contribution in [3.05, 3.63) is 30.6 Å². The van der Waals surface area contributed by atoms with Crippen molar-refractivity contribution < 1.29 is 9.59 Å². The Morgan fingerprint density at radius 1 is 1.42 bits per heavy atom. The third-order valence-electron chi connectivity index (χ3n) is 3.69. The maximum atomic E-state index is 12.1. The second-order valence-corrected chi connectivity index (χ2v) is 6.78. The number of anilines is 1. The molecule has 0 unspecified atom stereocenters. The van der Waals surface area contributed by atoms with Crippen LogP contribution in [0.3, 0.4) is 0 Å². The third kappa shape index (κ3) is 3.94. The number of hydrogen-bond acceptors (Lipinski definition) is 5. The summed E-state index contributed by atoms with van der Waals surface area (Å²) in [4.78, 5) is 23.3. The van der Waals surface area contributed by atoms with Crippen molar-refractivity contribution in [2.75, 3.05) is 11.9 Å². The molecule has 2 amide bonds. The van der Waals surface area contributed by atoms with Crippen LogP contribution >= 0.6 is 11.8 Å². The zero-order valence-electron chi connectivity index (χ0n) is 13.4. The molecule has 0 saturated carbocycles. The molecule has 0 spiro atoms. The van der Waals surface area contributed by atoms with E-state index in [2.05, 4.69) is 20.8 Å². The summed E-state index contributed by atoms with van der Waals surface area (Å²) in [7, 11) is 0. The molecular formula is C16H19N5O2S. The summed E-state index contributed by atoms with van der Waals surface area (Å²) in [6.45, 7) is 2.21. The van der Waals surface area contributed by atoms with Gasteiger partial charge in [-0.25, -0.2) is 0 Å². The normalized spacial score (nSPS) is 17.9. The van der Waals surface area contributed by atoms with Crippen LogP contribution < -0.4 is 10.6 Å². The summed E-state index contributed by atoms with van der Waals surface area (Å²) in [5.74, 6) is -0.0697. The molecule has 8 heteroatoms. The first-order chi connectivity index (χ1) is 11.6. The SMILES string of the molecule is CC(=O)Nc1cccc(-n2cnnc2S[C@H]2CCCCNC2=O)c1. The summed E-state index contributed by atoms with van der Waals surface area (Å²) in [6, 6.07) is 7.43.